The van der Waals surface area contributed by atoms with Gasteiger partial charge in [0.2, 0.25) is 18.1 Å². The van der Waals surface area contributed by atoms with Crippen molar-refractivity contribution in [3.8, 4) is 28.4 Å². The van der Waals surface area contributed by atoms with Gasteiger partial charge in [-0.2, -0.15) is 13.2 Å². The second-order valence-corrected chi connectivity index (χ2v) is 12.9. The van der Waals surface area contributed by atoms with E-state index in [1.807, 2.05) is 5.32 Å². The van der Waals surface area contributed by atoms with E-state index >= 15 is 0 Å². The minimum absolute atomic E-state index is 0.00373. The summed E-state index contributed by atoms with van der Waals surface area (Å²) in [6, 6.07) is 4.38. The van der Waals surface area contributed by atoms with Gasteiger partial charge in [-0.25, -0.2) is 0 Å². The number of methoxy groups -OCH3 is 2. The molecule has 2 aliphatic rings. The van der Waals surface area contributed by atoms with Gasteiger partial charge in [0.05, 0.1) is 25.2 Å². The van der Waals surface area contributed by atoms with E-state index in [0.717, 1.165) is 39.5 Å². The molecule has 0 spiro atoms. The molecule has 294 valence electrons. The van der Waals surface area contributed by atoms with E-state index in [1.54, 1.807) is 6.26 Å². The summed E-state index contributed by atoms with van der Waals surface area (Å²) < 4.78 is 85.8. The minimum atomic E-state index is -5.22. The number of hydrogen-bond donors (Lipinski definition) is 1. The summed E-state index contributed by atoms with van der Waals surface area (Å²) in [4.78, 5) is 74.2. The first-order valence-corrected chi connectivity index (χ1v) is 17.5. The van der Waals surface area contributed by atoms with Crippen molar-refractivity contribution in [3.63, 3.8) is 0 Å². The van der Waals surface area contributed by atoms with Crippen LogP contribution in [0.1, 0.15) is 51.3 Å². The number of esters is 4. The van der Waals surface area contributed by atoms with Gasteiger partial charge < -0.3 is 43.2 Å². The maximum atomic E-state index is 13.5. The van der Waals surface area contributed by atoms with Crippen LogP contribution >= 0.6 is 11.8 Å². The third-order valence-electron chi connectivity index (χ3n) is 8.25. The summed E-state index contributed by atoms with van der Waals surface area (Å²) in [5, 5.41) is 2.01. The van der Waals surface area contributed by atoms with E-state index in [-0.39, 0.29) is 46.1 Å². The number of halogens is 3. The number of rotatable bonds is 11. The molecule has 54 heavy (non-hydrogen) atoms. The lowest BCUT2D eigenvalue weighted by Crippen LogP contribution is -2.63. The van der Waals surface area contributed by atoms with Gasteiger partial charge in [-0.05, 0) is 54.0 Å². The molecule has 0 aromatic heterocycles. The van der Waals surface area contributed by atoms with Crippen LogP contribution in [0.25, 0.3) is 11.1 Å². The van der Waals surface area contributed by atoms with Crippen molar-refractivity contribution < 1.29 is 75.0 Å². The Morgan fingerprint density at radius 2 is 1.48 bits per heavy atom. The molecule has 1 aliphatic carbocycles. The Morgan fingerprint density at radius 3 is 2.04 bits per heavy atom. The monoisotopic (exact) mass is 785 g/mol. The number of carbonyl (C=O) groups excluding carboxylic acids is 5. The third kappa shape index (κ3) is 9.54. The van der Waals surface area contributed by atoms with Crippen molar-refractivity contribution in [1.82, 2.24) is 5.32 Å². The lowest BCUT2D eigenvalue weighted by Gasteiger charge is -2.44. The standard InChI is InChI=1S/C35H38F3NO14S/c1-15(40)48-14-25-29(49-16(2)41)31(50-17(3)42)32(51-18(4)43)33(53-25)52-24-12-19-8-10-22(39-34(45)35(36,37)38)21-13-23(44)26(54-7)11-9-20(21)27(19)30(47-6)28(24)46-5/h9,11-13,22,25,29,31-33H,8,10,14H2,1-7H3,(H,39,45)/t22-,25+,29+,31-,32?,33+/m0/s1. The number of hydrogen-bond acceptors (Lipinski definition) is 15. The number of nitrogens with one attached hydrogen (secondary N) is 1. The van der Waals surface area contributed by atoms with Crippen LogP contribution in [0.3, 0.4) is 0 Å². The van der Waals surface area contributed by atoms with Gasteiger partial charge in [-0.1, -0.05) is 6.07 Å². The molecule has 2 aromatic carbocycles. The van der Waals surface area contributed by atoms with E-state index < -0.39 is 84.7 Å². The molecule has 0 saturated carbocycles. The smallest absolute Gasteiger partial charge is 0.471 e. The van der Waals surface area contributed by atoms with E-state index in [1.165, 1.54) is 38.5 Å². The molecule has 0 bridgehead atoms. The second-order valence-electron chi connectivity index (χ2n) is 12.0. The molecule has 1 unspecified atom stereocenters. The van der Waals surface area contributed by atoms with Gasteiger partial charge in [0.15, 0.2) is 29.1 Å². The van der Waals surface area contributed by atoms with E-state index in [2.05, 4.69) is 0 Å². The Hall–Kier alpha value is -5.04. The van der Waals surface area contributed by atoms with E-state index in [4.69, 9.17) is 37.9 Å². The molecule has 1 heterocycles. The molecule has 1 saturated heterocycles. The molecule has 0 radical (unpaired) electrons. The van der Waals surface area contributed by atoms with Gasteiger partial charge in [-0.3, -0.25) is 28.8 Å². The topological polar surface area (TPSA) is 188 Å². The lowest BCUT2D eigenvalue weighted by atomic mass is 9.95. The zero-order chi connectivity index (χ0) is 40.1. The van der Waals surface area contributed by atoms with Gasteiger partial charge in [0.1, 0.15) is 12.7 Å². The molecule has 1 N–H and O–H groups in total. The summed E-state index contributed by atoms with van der Waals surface area (Å²) in [5.74, 6) is -5.72. The fourth-order valence-electron chi connectivity index (χ4n) is 6.20. The van der Waals surface area contributed by atoms with E-state index in [9.17, 15) is 41.9 Å². The molecule has 1 amide bonds. The summed E-state index contributed by atoms with van der Waals surface area (Å²) in [7, 11) is 2.56. The maximum Gasteiger partial charge on any atom is 0.471 e. The van der Waals surface area contributed by atoms with Gasteiger partial charge in [0.25, 0.3) is 0 Å². The molecule has 2 aromatic rings. The van der Waals surface area contributed by atoms with Crippen molar-refractivity contribution in [2.75, 3.05) is 27.1 Å². The maximum absolute atomic E-state index is 13.5. The zero-order valence-corrected chi connectivity index (χ0v) is 31.0. The number of benzene rings is 1. The SMILES string of the molecule is COc1c(O[C@@H]2O[C@H](COC(C)=O)[C@@H](OC(C)=O)[C@H](OC(C)=O)C2OC(C)=O)cc2c(c1OC)-c1ccc(SC)c(=O)cc1[C@@H](NC(=O)C(F)(F)F)CC2. The number of amides is 1. The van der Waals surface area contributed by atoms with Crippen molar-refractivity contribution in [1.29, 1.82) is 0 Å². The van der Waals surface area contributed by atoms with Crippen LogP contribution in [0.5, 0.6) is 17.2 Å². The summed E-state index contributed by atoms with van der Waals surface area (Å²) in [6.45, 7) is 3.78. The number of ether oxygens (including phenoxy) is 8. The Bertz CT molecular complexity index is 1850. The number of thioether (sulfide) groups is 1. The number of aryl methyl sites for hydroxylation is 1. The average molecular weight is 786 g/mol. The highest BCUT2D eigenvalue weighted by Gasteiger charge is 2.54. The quantitative estimate of drug-likeness (QED) is 0.198. The normalized spacial score (nSPS) is 21.9. The molecule has 1 fully saturated rings. The Morgan fingerprint density at radius 1 is 0.870 bits per heavy atom. The van der Waals surface area contributed by atoms with Crippen LogP contribution < -0.4 is 25.0 Å². The minimum Gasteiger partial charge on any atom is -0.492 e. The average Bonchev–Trinajstić information content (AvgIpc) is 3.32. The first-order chi connectivity index (χ1) is 25.4. The fraction of sp³-hybridized carbons (Fsp3) is 0.486. The summed E-state index contributed by atoms with van der Waals surface area (Å²) >= 11 is 1.12. The van der Waals surface area contributed by atoms with Crippen LogP contribution in [0.15, 0.2) is 34.0 Å². The summed E-state index contributed by atoms with van der Waals surface area (Å²) in [6.07, 6.45) is -11.3. The van der Waals surface area contributed by atoms with Gasteiger partial charge >= 0.3 is 36.0 Å². The summed E-state index contributed by atoms with van der Waals surface area (Å²) in [5.41, 5.74) is 0.562. The molecule has 15 nitrogen and oxygen atoms in total. The number of alkyl halides is 3. The molecular weight excluding hydrogens is 747 g/mol. The highest BCUT2D eigenvalue weighted by molar-refractivity contribution is 7.98. The van der Waals surface area contributed by atoms with Gasteiger partial charge in [0, 0.05) is 33.3 Å². The van der Waals surface area contributed by atoms with Crippen LogP contribution in [0.2, 0.25) is 0 Å². The molecule has 6 atom stereocenters. The molecular formula is C35H38F3NO14S. The second kappa shape index (κ2) is 17.4. The van der Waals surface area contributed by atoms with Crippen molar-refractivity contribution >= 4 is 41.5 Å². The van der Waals surface area contributed by atoms with E-state index in [0.29, 0.717) is 11.1 Å². The van der Waals surface area contributed by atoms with Gasteiger partial charge in [-0.15, -0.1) is 11.8 Å². The van der Waals surface area contributed by atoms with Crippen LogP contribution in [-0.2, 0) is 54.1 Å². The Labute approximate surface area is 311 Å². The molecule has 19 heteroatoms. The predicted molar refractivity (Wildman–Crippen MR) is 181 cm³/mol. The number of fused-ring (bicyclic) bond motifs is 3. The largest absolute Gasteiger partial charge is 0.492 e. The Kier molecular flexibility index (Phi) is 13.4. The first kappa shape index (κ1) is 41.7. The number of carbonyl (C=O) groups is 5. The van der Waals surface area contributed by atoms with Crippen LogP contribution in [0.4, 0.5) is 13.2 Å². The zero-order valence-electron chi connectivity index (χ0n) is 30.2. The van der Waals surface area contributed by atoms with Crippen LogP contribution in [-0.4, -0.2) is 93.7 Å². The first-order valence-electron chi connectivity index (χ1n) is 16.2. The van der Waals surface area contributed by atoms with Crippen molar-refractivity contribution in [2.45, 2.75) is 88.4 Å². The van der Waals surface area contributed by atoms with Crippen molar-refractivity contribution in [2.24, 2.45) is 0 Å². The highest BCUT2D eigenvalue weighted by Crippen LogP contribution is 2.51. The fourth-order valence-corrected chi connectivity index (χ4v) is 6.67. The predicted octanol–water partition coefficient (Wildman–Crippen LogP) is 3.58. The highest BCUT2D eigenvalue weighted by atomic mass is 32.2. The lowest BCUT2D eigenvalue weighted by molar-refractivity contribution is -0.288. The molecule has 4 rings (SSSR count). The Balaban J connectivity index is 1.93. The third-order valence-corrected chi connectivity index (χ3v) is 9.03. The van der Waals surface area contributed by atoms with Crippen molar-refractivity contribution in [3.05, 3.63) is 45.6 Å². The van der Waals surface area contributed by atoms with Crippen LogP contribution in [0, 0.1) is 0 Å². The molecule has 1 aliphatic heterocycles.